The Bertz CT molecular complexity index is 474. The minimum atomic E-state index is -0.205. The van der Waals surface area contributed by atoms with E-state index in [9.17, 15) is 4.79 Å². The van der Waals surface area contributed by atoms with E-state index in [4.69, 9.17) is 4.74 Å². The van der Waals surface area contributed by atoms with E-state index in [1.807, 2.05) is 6.92 Å². The smallest absolute Gasteiger partial charge is 0.233 e. The highest BCUT2D eigenvalue weighted by Gasteiger charge is 2.18. The van der Waals surface area contributed by atoms with Gasteiger partial charge in [0, 0.05) is 19.7 Å². The van der Waals surface area contributed by atoms with Crippen molar-refractivity contribution in [2.75, 3.05) is 25.0 Å². The van der Waals surface area contributed by atoms with Gasteiger partial charge in [0.15, 0.2) is 4.34 Å². The quantitative estimate of drug-likeness (QED) is 0.561. The highest BCUT2D eigenvalue weighted by Crippen LogP contribution is 2.29. The Morgan fingerprint density at radius 1 is 1.67 bits per heavy atom. The summed E-state index contributed by atoms with van der Waals surface area (Å²) in [7, 11) is 0. The van der Waals surface area contributed by atoms with E-state index in [1.54, 1.807) is 6.08 Å². The van der Waals surface area contributed by atoms with Crippen molar-refractivity contribution >= 4 is 34.1 Å². The number of nitrogens with one attached hydrogen (secondary N) is 2. The molecular formula is C13H20N4O2S2. The molecule has 0 aliphatic carbocycles. The molecule has 8 heteroatoms. The Kier molecular flexibility index (Phi) is 6.47. The largest absolute Gasteiger partial charge is 0.376 e. The lowest BCUT2D eigenvalue weighted by molar-refractivity contribution is -0.120. The average Bonchev–Trinajstić information content (AvgIpc) is 3.13. The number of anilines is 1. The molecule has 1 amide bonds. The molecule has 2 unspecified atom stereocenters. The lowest BCUT2D eigenvalue weighted by Crippen LogP contribution is -2.30. The zero-order chi connectivity index (χ0) is 15.1. The molecule has 0 saturated carbocycles. The van der Waals surface area contributed by atoms with Crippen LogP contribution in [0.3, 0.4) is 0 Å². The fraction of sp³-hybridized carbons (Fsp3) is 0.615. The highest BCUT2D eigenvalue weighted by atomic mass is 32.2. The molecule has 21 heavy (non-hydrogen) atoms. The minimum Gasteiger partial charge on any atom is -0.376 e. The lowest BCUT2D eigenvalue weighted by Gasteiger charge is -2.09. The van der Waals surface area contributed by atoms with Crippen molar-refractivity contribution in [3.63, 3.8) is 0 Å². The SMILES string of the molecule is C=CCNC(=O)C(C)Sc1nnc(NCC2CCCO2)s1. The lowest BCUT2D eigenvalue weighted by atomic mass is 10.2. The summed E-state index contributed by atoms with van der Waals surface area (Å²) in [5, 5.41) is 14.7. The van der Waals surface area contributed by atoms with Crippen molar-refractivity contribution in [2.45, 2.75) is 35.5 Å². The molecule has 116 valence electrons. The van der Waals surface area contributed by atoms with Crippen molar-refractivity contribution in [3.05, 3.63) is 12.7 Å². The summed E-state index contributed by atoms with van der Waals surface area (Å²) in [6.07, 6.45) is 4.15. The third-order valence-corrected chi connectivity index (χ3v) is 5.04. The van der Waals surface area contributed by atoms with Gasteiger partial charge in [-0.2, -0.15) is 0 Å². The number of ether oxygens (including phenoxy) is 1. The van der Waals surface area contributed by atoms with Crippen LogP contribution in [0.4, 0.5) is 5.13 Å². The summed E-state index contributed by atoms with van der Waals surface area (Å²) in [4.78, 5) is 11.8. The number of hydrogen-bond acceptors (Lipinski definition) is 7. The zero-order valence-electron chi connectivity index (χ0n) is 12.0. The molecule has 2 N–H and O–H groups in total. The second kappa shape index (κ2) is 8.35. The van der Waals surface area contributed by atoms with Gasteiger partial charge in [-0.25, -0.2) is 0 Å². The van der Waals surface area contributed by atoms with Crippen LogP contribution in [0, 0.1) is 0 Å². The van der Waals surface area contributed by atoms with Gasteiger partial charge in [0.25, 0.3) is 0 Å². The number of rotatable bonds is 8. The van der Waals surface area contributed by atoms with E-state index in [2.05, 4.69) is 27.4 Å². The van der Waals surface area contributed by atoms with Gasteiger partial charge in [-0.05, 0) is 19.8 Å². The molecule has 1 aromatic rings. The van der Waals surface area contributed by atoms with Crippen molar-refractivity contribution in [1.29, 1.82) is 0 Å². The fourth-order valence-corrected chi connectivity index (χ4v) is 3.78. The fourth-order valence-electron chi connectivity index (χ4n) is 1.86. The molecule has 2 rings (SSSR count). The van der Waals surface area contributed by atoms with E-state index in [0.717, 1.165) is 35.5 Å². The van der Waals surface area contributed by atoms with E-state index >= 15 is 0 Å². The molecule has 0 aromatic carbocycles. The van der Waals surface area contributed by atoms with Crippen LogP contribution in [-0.2, 0) is 9.53 Å². The first kappa shape index (κ1) is 16.3. The maximum atomic E-state index is 11.8. The summed E-state index contributed by atoms with van der Waals surface area (Å²) >= 11 is 2.87. The van der Waals surface area contributed by atoms with Gasteiger partial charge in [-0.1, -0.05) is 29.2 Å². The predicted molar refractivity (Wildman–Crippen MR) is 85.9 cm³/mol. The molecule has 1 fully saturated rings. The van der Waals surface area contributed by atoms with Gasteiger partial charge in [0.05, 0.1) is 11.4 Å². The predicted octanol–water partition coefficient (Wildman–Crippen LogP) is 1.91. The molecule has 1 saturated heterocycles. The standard InChI is InChI=1S/C13H20N4O2S2/c1-3-6-14-11(18)9(2)20-13-17-16-12(21-13)15-8-10-5-4-7-19-10/h3,9-10H,1,4-8H2,2H3,(H,14,18)(H,15,16). The number of aromatic nitrogens is 2. The van der Waals surface area contributed by atoms with Crippen molar-refractivity contribution in [3.8, 4) is 0 Å². The first-order chi connectivity index (χ1) is 10.2. The molecule has 1 aromatic heterocycles. The Morgan fingerprint density at radius 3 is 3.24 bits per heavy atom. The number of carbonyl (C=O) groups excluding carboxylic acids is 1. The van der Waals surface area contributed by atoms with Gasteiger partial charge in [-0.15, -0.1) is 16.8 Å². The van der Waals surface area contributed by atoms with Crippen LogP contribution in [-0.4, -0.2) is 47.2 Å². The van der Waals surface area contributed by atoms with Crippen LogP contribution in [0.15, 0.2) is 17.0 Å². The minimum absolute atomic E-state index is 0.0241. The number of hydrogen-bond donors (Lipinski definition) is 2. The van der Waals surface area contributed by atoms with Gasteiger partial charge >= 0.3 is 0 Å². The van der Waals surface area contributed by atoms with Crippen LogP contribution >= 0.6 is 23.1 Å². The molecular weight excluding hydrogens is 308 g/mol. The van der Waals surface area contributed by atoms with Crippen molar-refractivity contribution in [1.82, 2.24) is 15.5 Å². The van der Waals surface area contributed by atoms with E-state index in [0.29, 0.717) is 6.54 Å². The van der Waals surface area contributed by atoms with Gasteiger partial charge in [0.1, 0.15) is 0 Å². The summed E-state index contributed by atoms with van der Waals surface area (Å²) in [6, 6.07) is 0. The van der Waals surface area contributed by atoms with Gasteiger partial charge in [0.2, 0.25) is 11.0 Å². The second-order valence-electron chi connectivity index (χ2n) is 4.68. The molecule has 2 atom stereocenters. The Hall–Kier alpha value is -1.12. The molecule has 0 spiro atoms. The van der Waals surface area contributed by atoms with Crippen LogP contribution in [0.2, 0.25) is 0 Å². The summed E-state index contributed by atoms with van der Waals surface area (Å²) in [5.74, 6) is -0.0241. The summed E-state index contributed by atoms with van der Waals surface area (Å²) < 4.78 is 6.33. The van der Waals surface area contributed by atoms with E-state index in [-0.39, 0.29) is 17.3 Å². The number of nitrogens with zero attached hydrogens (tertiary/aromatic N) is 2. The second-order valence-corrected chi connectivity index (χ2v) is 7.25. The molecule has 2 heterocycles. The van der Waals surface area contributed by atoms with E-state index < -0.39 is 0 Å². The third kappa shape index (κ3) is 5.29. The maximum absolute atomic E-state index is 11.8. The van der Waals surface area contributed by atoms with Crippen LogP contribution in [0.5, 0.6) is 0 Å². The molecule has 6 nitrogen and oxygen atoms in total. The zero-order valence-corrected chi connectivity index (χ0v) is 13.6. The Labute approximate surface area is 132 Å². The number of thioether (sulfide) groups is 1. The number of carbonyl (C=O) groups is 1. The van der Waals surface area contributed by atoms with Gasteiger partial charge < -0.3 is 15.4 Å². The summed E-state index contributed by atoms with van der Waals surface area (Å²) in [6.45, 7) is 7.51. The van der Waals surface area contributed by atoms with Crippen LogP contribution in [0.1, 0.15) is 19.8 Å². The first-order valence-corrected chi connectivity index (χ1v) is 8.63. The monoisotopic (exact) mass is 328 g/mol. The van der Waals surface area contributed by atoms with Crippen LogP contribution < -0.4 is 10.6 Å². The molecule has 1 aliphatic rings. The molecule has 1 aliphatic heterocycles. The van der Waals surface area contributed by atoms with Crippen molar-refractivity contribution < 1.29 is 9.53 Å². The van der Waals surface area contributed by atoms with E-state index in [1.165, 1.54) is 23.1 Å². The topological polar surface area (TPSA) is 76.1 Å². The van der Waals surface area contributed by atoms with Crippen molar-refractivity contribution in [2.24, 2.45) is 0 Å². The third-order valence-electron chi connectivity index (χ3n) is 2.98. The maximum Gasteiger partial charge on any atom is 0.233 e. The molecule has 0 bridgehead atoms. The van der Waals surface area contributed by atoms with Crippen LogP contribution in [0.25, 0.3) is 0 Å². The molecule has 0 radical (unpaired) electrons. The number of amides is 1. The first-order valence-electron chi connectivity index (χ1n) is 6.93. The highest BCUT2D eigenvalue weighted by molar-refractivity contribution is 8.02. The van der Waals surface area contributed by atoms with Gasteiger partial charge in [-0.3, -0.25) is 4.79 Å². The summed E-state index contributed by atoms with van der Waals surface area (Å²) in [5.41, 5.74) is 0. The normalized spacial score (nSPS) is 19.2. The average molecular weight is 328 g/mol. The Morgan fingerprint density at radius 2 is 2.52 bits per heavy atom. The Balaban J connectivity index is 1.76.